The molecule has 0 radical (unpaired) electrons. The zero-order chi connectivity index (χ0) is 15.8. The van der Waals surface area contributed by atoms with E-state index in [0.29, 0.717) is 26.2 Å². The number of aliphatic hydroxyl groups is 1. The van der Waals surface area contributed by atoms with E-state index in [4.69, 9.17) is 0 Å². The van der Waals surface area contributed by atoms with Gasteiger partial charge in [0.25, 0.3) is 10.2 Å². The Balaban J connectivity index is 0.00000192. The molecule has 2 atom stereocenters. The minimum atomic E-state index is -3.50. The van der Waals surface area contributed by atoms with Crippen molar-refractivity contribution in [1.29, 1.82) is 0 Å². The topological polar surface area (TPSA) is 72.9 Å². The van der Waals surface area contributed by atoms with Gasteiger partial charge in [-0.15, -0.1) is 12.4 Å². The molecule has 6 nitrogen and oxygen atoms in total. The number of nitrogens with zero attached hydrogens (tertiary/aromatic N) is 2. The lowest BCUT2D eigenvalue weighted by atomic mass is 9.82. The van der Waals surface area contributed by atoms with Crippen molar-refractivity contribution in [1.82, 2.24) is 13.9 Å². The van der Waals surface area contributed by atoms with Crippen LogP contribution < -0.4 is 5.32 Å². The lowest BCUT2D eigenvalue weighted by Crippen LogP contribution is -2.43. The molecule has 0 bridgehead atoms. The molecule has 0 aliphatic carbocycles. The summed E-state index contributed by atoms with van der Waals surface area (Å²) in [4.78, 5) is 0. The molecular weight excluding hydrogens is 338 g/mol. The Morgan fingerprint density at radius 3 is 2.70 bits per heavy atom. The van der Waals surface area contributed by atoms with Crippen molar-refractivity contribution in [3.8, 4) is 0 Å². The smallest absolute Gasteiger partial charge is 0.282 e. The normalized spacial score (nSPS) is 27.9. The molecule has 2 N–H and O–H groups in total. The Bertz CT molecular complexity index is 628. The predicted molar refractivity (Wildman–Crippen MR) is 91.5 cm³/mol. The van der Waals surface area contributed by atoms with E-state index in [1.54, 1.807) is 7.05 Å². The molecule has 1 aromatic rings. The molecule has 130 valence electrons. The fraction of sp³-hybridized carbons (Fsp3) is 0.600. The first kappa shape index (κ1) is 18.6. The predicted octanol–water partition coefficient (Wildman–Crippen LogP) is 0.299. The number of halogens is 1. The van der Waals surface area contributed by atoms with Crippen LogP contribution >= 0.6 is 12.4 Å². The van der Waals surface area contributed by atoms with Gasteiger partial charge in [0.05, 0.1) is 6.61 Å². The monoisotopic (exact) mass is 361 g/mol. The van der Waals surface area contributed by atoms with Gasteiger partial charge in [-0.1, -0.05) is 30.3 Å². The van der Waals surface area contributed by atoms with E-state index in [-0.39, 0.29) is 30.3 Å². The molecule has 2 aliphatic heterocycles. The molecule has 8 heteroatoms. The minimum Gasteiger partial charge on any atom is -0.396 e. The van der Waals surface area contributed by atoms with Crippen molar-refractivity contribution >= 4 is 22.6 Å². The molecule has 2 fully saturated rings. The number of rotatable bonds is 5. The van der Waals surface area contributed by atoms with Crippen molar-refractivity contribution < 1.29 is 13.5 Å². The lowest BCUT2D eigenvalue weighted by Gasteiger charge is -2.27. The average Bonchev–Trinajstić information content (AvgIpc) is 3.05. The van der Waals surface area contributed by atoms with Gasteiger partial charge in [0, 0.05) is 38.6 Å². The Labute approximate surface area is 144 Å². The molecule has 0 aromatic heterocycles. The summed E-state index contributed by atoms with van der Waals surface area (Å²) in [6.07, 6.45) is 0. The van der Waals surface area contributed by atoms with Crippen molar-refractivity contribution in [2.75, 3.05) is 39.8 Å². The van der Waals surface area contributed by atoms with Crippen LogP contribution in [0.4, 0.5) is 0 Å². The van der Waals surface area contributed by atoms with Gasteiger partial charge >= 0.3 is 0 Å². The van der Waals surface area contributed by atoms with Crippen LogP contribution in [0, 0.1) is 11.3 Å². The highest BCUT2D eigenvalue weighted by molar-refractivity contribution is 7.86. The van der Waals surface area contributed by atoms with E-state index in [9.17, 15) is 13.5 Å². The van der Waals surface area contributed by atoms with Gasteiger partial charge in [0.1, 0.15) is 0 Å². The first-order valence-corrected chi connectivity index (χ1v) is 8.94. The molecule has 23 heavy (non-hydrogen) atoms. The molecule has 2 heterocycles. The van der Waals surface area contributed by atoms with Gasteiger partial charge in [0.15, 0.2) is 0 Å². The molecule has 2 aliphatic rings. The first-order valence-electron chi connectivity index (χ1n) is 7.55. The molecule has 0 amide bonds. The molecule has 2 unspecified atom stereocenters. The second-order valence-corrected chi connectivity index (χ2v) is 8.43. The lowest BCUT2D eigenvalue weighted by molar-refractivity contribution is 0.130. The van der Waals surface area contributed by atoms with Crippen molar-refractivity contribution in [2.45, 2.75) is 6.54 Å². The van der Waals surface area contributed by atoms with Crippen molar-refractivity contribution in [2.24, 2.45) is 11.3 Å². The molecule has 0 saturated carbocycles. The van der Waals surface area contributed by atoms with E-state index >= 15 is 0 Å². The highest BCUT2D eigenvalue weighted by atomic mass is 35.5. The Hall–Kier alpha value is -0.700. The van der Waals surface area contributed by atoms with Gasteiger partial charge < -0.3 is 10.4 Å². The summed E-state index contributed by atoms with van der Waals surface area (Å²) in [5.74, 6) is 0.192. The highest BCUT2D eigenvalue weighted by Crippen LogP contribution is 2.40. The number of nitrogens with one attached hydrogen (secondary N) is 1. The van der Waals surface area contributed by atoms with Crippen LogP contribution in [0.25, 0.3) is 0 Å². The third-order valence-corrected chi connectivity index (χ3v) is 6.78. The maximum absolute atomic E-state index is 12.8. The summed E-state index contributed by atoms with van der Waals surface area (Å²) < 4.78 is 28.5. The third kappa shape index (κ3) is 3.40. The first-order chi connectivity index (χ1) is 10.5. The average molecular weight is 362 g/mol. The van der Waals surface area contributed by atoms with Gasteiger partial charge in [-0.25, -0.2) is 0 Å². The SMILES string of the molecule is CN(Cc1ccccc1)S(=O)(=O)N1CC2CNCC2(CO)C1.Cl. The number of aliphatic hydroxyl groups excluding tert-OH is 1. The van der Waals surface area contributed by atoms with Crippen molar-refractivity contribution in [3.05, 3.63) is 35.9 Å². The van der Waals surface area contributed by atoms with Crippen LogP contribution in [0.2, 0.25) is 0 Å². The fourth-order valence-corrected chi connectivity index (χ4v) is 4.99. The van der Waals surface area contributed by atoms with Crippen LogP contribution in [0.1, 0.15) is 5.56 Å². The molecule has 0 spiro atoms. The summed E-state index contributed by atoms with van der Waals surface area (Å²) >= 11 is 0. The van der Waals surface area contributed by atoms with Crippen LogP contribution in [0.5, 0.6) is 0 Å². The van der Waals surface area contributed by atoms with E-state index in [1.165, 1.54) is 8.61 Å². The largest absolute Gasteiger partial charge is 0.396 e. The number of hydrogen-bond donors (Lipinski definition) is 2. The molecule has 1 aromatic carbocycles. The van der Waals surface area contributed by atoms with Crippen LogP contribution in [-0.4, -0.2) is 62.0 Å². The van der Waals surface area contributed by atoms with E-state index < -0.39 is 10.2 Å². The standard InChI is InChI=1S/C15H23N3O3S.ClH/c1-17(8-13-5-3-2-4-6-13)22(20,21)18-9-14-7-16-10-15(14,11-18)12-19;/h2-6,14,16,19H,7-12H2,1H3;1H. The quantitative estimate of drug-likeness (QED) is 0.791. The van der Waals surface area contributed by atoms with Gasteiger partial charge in [-0.2, -0.15) is 17.0 Å². The Kier molecular flexibility index (Phi) is 5.71. The summed E-state index contributed by atoms with van der Waals surface area (Å²) in [6, 6.07) is 9.57. The van der Waals surface area contributed by atoms with E-state index in [1.807, 2.05) is 30.3 Å². The minimum absolute atomic E-state index is 0. The highest BCUT2D eigenvalue weighted by Gasteiger charge is 2.52. The van der Waals surface area contributed by atoms with Crippen LogP contribution in [0.15, 0.2) is 30.3 Å². The maximum Gasteiger partial charge on any atom is 0.282 e. The summed E-state index contributed by atoms with van der Waals surface area (Å²) in [6.45, 7) is 2.71. The van der Waals surface area contributed by atoms with Gasteiger partial charge in [-0.05, 0) is 18.0 Å². The van der Waals surface area contributed by atoms with Crippen LogP contribution in [0.3, 0.4) is 0 Å². The third-order valence-electron chi connectivity index (χ3n) is 4.93. The Morgan fingerprint density at radius 2 is 2.09 bits per heavy atom. The summed E-state index contributed by atoms with van der Waals surface area (Å²) in [5, 5.41) is 13.0. The Morgan fingerprint density at radius 1 is 1.39 bits per heavy atom. The molecule has 3 rings (SSSR count). The second kappa shape index (κ2) is 7.04. The fourth-order valence-electron chi connectivity index (χ4n) is 3.49. The summed E-state index contributed by atoms with van der Waals surface area (Å²) in [7, 11) is -1.89. The van der Waals surface area contributed by atoms with Gasteiger partial charge in [-0.3, -0.25) is 0 Å². The molecule has 2 saturated heterocycles. The van der Waals surface area contributed by atoms with Crippen LogP contribution in [-0.2, 0) is 16.8 Å². The second-order valence-electron chi connectivity index (χ2n) is 6.39. The zero-order valence-corrected chi connectivity index (χ0v) is 14.8. The van der Waals surface area contributed by atoms with E-state index in [2.05, 4.69) is 5.32 Å². The van der Waals surface area contributed by atoms with E-state index in [0.717, 1.165) is 12.1 Å². The molecular formula is C15H24ClN3O3S. The number of hydrogen-bond acceptors (Lipinski definition) is 4. The van der Waals surface area contributed by atoms with Crippen molar-refractivity contribution in [3.63, 3.8) is 0 Å². The zero-order valence-electron chi connectivity index (χ0n) is 13.2. The number of benzene rings is 1. The maximum atomic E-state index is 12.8. The summed E-state index contributed by atoms with van der Waals surface area (Å²) in [5.41, 5.74) is 0.646. The number of fused-ring (bicyclic) bond motifs is 1. The van der Waals surface area contributed by atoms with Gasteiger partial charge in [0.2, 0.25) is 0 Å².